The van der Waals surface area contributed by atoms with Gasteiger partial charge in [0.15, 0.2) is 5.78 Å². The molecule has 5 rings (SSSR count). The molecule has 0 aromatic heterocycles. The van der Waals surface area contributed by atoms with E-state index in [9.17, 15) is 9.90 Å². The number of fused-ring (bicyclic) bond motifs is 4. The second kappa shape index (κ2) is 7.35. The van der Waals surface area contributed by atoms with Crippen LogP contribution in [0.5, 0.6) is 0 Å². The Labute approximate surface area is 179 Å². The number of allylic oxidation sites excluding steroid dienone is 3. The molecule has 0 unspecified atom stereocenters. The first kappa shape index (κ1) is 20.0. The second-order valence-electron chi connectivity index (χ2n) is 10.1. The molecule has 0 bridgehead atoms. The number of ketones is 1. The normalized spacial score (nSPS) is 35.9. The SMILES string of the molecule is CN(C)c1ccc([C@H]2OC[C@]3(C)[C@@H](O)CC[C@H]3[C@@H]3CCC4=CC(=O)CCC4=C32)cc1. The van der Waals surface area contributed by atoms with Crippen LogP contribution in [0.25, 0.3) is 0 Å². The van der Waals surface area contributed by atoms with Gasteiger partial charge in [-0.25, -0.2) is 0 Å². The number of benzene rings is 1. The first-order valence-electron chi connectivity index (χ1n) is 11.4. The predicted molar refractivity (Wildman–Crippen MR) is 118 cm³/mol. The summed E-state index contributed by atoms with van der Waals surface area (Å²) in [6.07, 6.45) is 6.90. The molecular formula is C26H33NO3. The Balaban J connectivity index is 1.64. The highest BCUT2D eigenvalue weighted by atomic mass is 16.5. The lowest BCUT2D eigenvalue weighted by Gasteiger charge is -2.40. The van der Waals surface area contributed by atoms with Gasteiger partial charge in [-0.2, -0.15) is 0 Å². The maximum atomic E-state index is 12.1. The zero-order chi connectivity index (χ0) is 21.0. The second-order valence-corrected chi connectivity index (χ2v) is 10.1. The van der Waals surface area contributed by atoms with Gasteiger partial charge >= 0.3 is 0 Å². The van der Waals surface area contributed by atoms with Gasteiger partial charge in [0.05, 0.1) is 12.7 Å². The fraction of sp³-hybridized carbons (Fsp3) is 0.577. The molecule has 4 aliphatic rings. The highest BCUT2D eigenvalue weighted by Gasteiger charge is 2.54. The van der Waals surface area contributed by atoms with Crippen molar-refractivity contribution >= 4 is 11.5 Å². The summed E-state index contributed by atoms with van der Waals surface area (Å²) in [5, 5.41) is 10.9. The minimum absolute atomic E-state index is 0.0901. The van der Waals surface area contributed by atoms with Crippen molar-refractivity contribution in [2.45, 2.75) is 57.7 Å². The molecule has 3 aliphatic carbocycles. The number of ether oxygens (including phenoxy) is 1. The van der Waals surface area contributed by atoms with Crippen LogP contribution in [0, 0.1) is 17.3 Å². The van der Waals surface area contributed by atoms with E-state index in [0.717, 1.165) is 32.1 Å². The fourth-order valence-electron chi connectivity index (χ4n) is 6.46. The van der Waals surface area contributed by atoms with Gasteiger partial charge in [-0.1, -0.05) is 19.1 Å². The summed E-state index contributed by atoms with van der Waals surface area (Å²) in [5.74, 6) is 1.13. The molecule has 5 atom stereocenters. The van der Waals surface area contributed by atoms with Crippen LogP contribution in [-0.4, -0.2) is 37.7 Å². The Morgan fingerprint density at radius 2 is 1.83 bits per heavy atom. The van der Waals surface area contributed by atoms with Crippen LogP contribution in [0.4, 0.5) is 5.69 Å². The first-order valence-corrected chi connectivity index (χ1v) is 11.4. The average Bonchev–Trinajstić information content (AvgIpc) is 2.95. The van der Waals surface area contributed by atoms with Gasteiger partial charge in [-0.15, -0.1) is 0 Å². The van der Waals surface area contributed by atoms with Crippen LogP contribution in [-0.2, 0) is 9.53 Å². The van der Waals surface area contributed by atoms with Crippen LogP contribution in [0.3, 0.4) is 0 Å². The lowest BCUT2D eigenvalue weighted by molar-refractivity contribution is -0.114. The molecule has 0 spiro atoms. The molecule has 1 saturated heterocycles. The molecule has 1 aromatic rings. The molecule has 160 valence electrons. The number of anilines is 1. The van der Waals surface area contributed by atoms with Crippen LogP contribution < -0.4 is 4.90 Å². The quantitative estimate of drug-likeness (QED) is 0.779. The smallest absolute Gasteiger partial charge is 0.156 e. The Morgan fingerprint density at radius 3 is 2.57 bits per heavy atom. The fourth-order valence-corrected chi connectivity index (χ4v) is 6.46. The largest absolute Gasteiger partial charge is 0.392 e. The molecule has 0 radical (unpaired) electrons. The maximum Gasteiger partial charge on any atom is 0.156 e. The molecule has 30 heavy (non-hydrogen) atoms. The molecule has 1 N–H and O–H groups in total. The molecule has 1 heterocycles. The van der Waals surface area contributed by atoms with Crippen molar-refractivity contribution in [1.82, 2.24) is 0 Å². The first-order chi connectivity index (χ1) is 14.4. The zero-order valence-electron chi connectivity index (χ0n) is 18.4. The number of aliphatic hydroxyl groups is 1. The summed E-state index contributed by atoms with van der Waals surface area (Å²) in [7, 11) is 4.11. The molecule has 0 amide bonds. The van der Waals surface area contributed by atoms with Gasteiger partial charge < -0.3 is 14.7 Å². The molecule has 2 fully saturated rings. The van der Waals surface area contributed by atoms with E-state index in [4.69, 9.17) is 4.74 Å². The Kier molecular flexibility index (Phi) is 4.90. The lowest BCUT2D eigenvalue weighted by atomic mass is 9.63. The van der Waals surface area contributed by atoms with Crippen LogP contribution in [0.15, 0.2) is 47.1 Å². The number of hydrogen-bond acceptors (Lipinski definition) is 4. The summed E-state index contributed by atoms with van der Waals surface area (Å²) in [6, 6.07) is 8.70. The minimum Gasteiger partial charge on any atom is -0.392 e. The summed E-state index contributed by atoms with van der Waals surface area (Å²) in [6.45, 7) is 2.81. The summed E-state index contributed by atoms with van der Waals surface area (Å²) >= 11 is 0. The number of rotatable bonds is 2. The molecule has 1 aromatic carbocycles. The van der Waals surface area contributed by atoms with E-state index in [1.54, 1.807) is 0 Å². The van der Waals surface area contributed by atoms with Crippen molar-refractivity contribution in [3.8, 4) is 0 Å². The Hall–Kier alpha value is -1.91. The standard InChI is InChI=1S/C26H33NO3/c1-26-15-30-25(16-4-7-18(8-5-16)27(2)3)24-20-11-9-19(28)14-17(20)6-10-21(24)22(26)12-13-23(26)29/h4-5,7-8,14,21-23,25,29H,6,9-13,15H2,1-3H3/t21-,22-,23-,25+,26-/m0/s1. The molecule has 1 saturated carbocycles. The van der Waals surface area contributed by atoms with Crippen molar-refractivity contribution in [3.63, 3.8) is 0 Å². The monoisotopic (exact) mass is 407 g/mol. The van der Waals surface area contributed by atoms with Crippen LogP contribution in [0.1, 0.15) is 57.1 Å². The third-order valence-electron chi connectivity index (χ3n) is 8.22. The zero-order valence-corrected chi connectivity index (χ0v) is 18.4. The Morgan fingerprint density at radius 1 is 1.07 bits per heavy atom. The number of carbonyl (C=O) groups is 1. The average molecular weight is 408 g/mol. The summed E-state index contributed by atoms with van der Waals surface area (Å²) in [4.78, 5) is 14.2. The van der Waals surface area contributed by atoms with Crippen molar-refractivity contribution in [2.24, 2.45) is 17.3 Å². The summed E-state index contributed by atoms with van der Waals surface area (Å²) in [5.41, 5.74) is 6.18. The number of aliphatic hydroxyl groups excluding tert-OH is 1. The van der Waals surface area contributed by atoms with E-state index in [0.29, 0.717) is 24.9 Å². The third kappa shape index (κ3) is 3.07. The van der Waals surface area contributed by atoms with Crippen LogP contribution >= 0.6 is 0 Å². The van der Waals surface area contributed by atoms with Gasteiger partial charge in [0.2, 0.25) is 0 Å². The van der Waals surface area contributed by atoms with Crippen molar-refractivity contribution in [1.29, 1.82) is 0 Å². The molecule has 4 heteroatoms. The maximum absolute atomic E-state index is 12.1. The topological polar surface area (TPSA) is 49.8 Å². The number of hydrogen-bond donors (Lipinski definition) is 1. The van der Waals surface area contributed by atoms with E-state index < -0.39 is 0 Å². The van der Waals surface area contributed by atoms with Gasteiger partial charge in [-0.05, 0) is 84.4 Å². The van der Waals surface area contributed by atoms with Crippen molar-refractivity contribution in [2.75, 3.05) is 25.6 Å². The molecule has 1 aliphatic heterocycles. The van der Waals surface area contributed by atoms with Crippen molar-refractivity contribution in [3.05, 3.63) is 52.6 Å². The highest BCUT2D eigenvalue weighted by Crippen LogP contribution is 2.58. The van der Waals surface area contributed by atoms with Gasteiger partial charge in [-0.3, -0.25) is 4.79 Å². The third-order valence-corrected chi connectivity index (χ3v) is 8.22. The lowest BCUT2D eigenvalue weighted by Crippen LogP contribution is -2.39. The van der Waals surface area contributed by atoms with Crippen molar-refractivity contribution < 1.29 is 14.6 Å². The number of carbonyl (C=O) groups excluding carboxylic acids is 1. The summed E-state index contributed by atoms with van der Waals surface area (Å²) < 4.78 is 6.68. The van der Waals surface area contributed by atoms with Gasteiger partial charge in [0.25, 0.3) is 0 Å². The number of nitrogens with zero attached hydrogens (tertiary/aromatic N) is 1. The van der Waals surface area contributed by atoms with Gasteiger partial charge in [0.1, 0.15) is 6.10 Å². The molecular weight excluding hydrogens is 374 g/mol. The van der Waals surface area contributed by atoms with E-state index in [1.807, 2.05) is 6.08 Å². The van der Waals surface area contributed by atoms with E-state index in [2.05, 4.69) is 50.2 Å². The van der Waals surface area contributed by atoms with E-state index in [-0.39, 0.29) is 23.4 Å². The Bertz CT molecular complexity index is 913. The predicted octanol–water partition coefficient (Wildman–Crippen LogP) is 4.60. The van der Waals surface area contributed by atoms with Crippen LogP contribution in [0.2, 0.25) is 0 Å². The van der Waals surface area contributed by atoms with E-state index >= 15 is 0 Å². The van der Waals surface area contributed by atoms with E-state index in [1.165, 1.54) is 28.0 Å². The highest BCUT2D eigenvalue weighted by molar-refractivity contribution is 5.93. The molecule has 4 nitrogen and oxygen atoms in total. The minimum atomic E-state index is -0.298. The van der Waals surface area contributed by atoms with Gasteiger partial charge in [0, 0.05) is 31.6 Å².